The number of ether oxygens (including phenoxy) is 2. The van der Waals surface area contributed by atoms with Gasteiger partial charge in [-0.2, -0.15) is 5.10 Å². The number of nitrogens with one attached hydrogen (secondary N) is 2. The Hall–Kier alpha value is -3.27. The Bertz CT molecular complexity index is 744. The zero-order valence-corrected chi connectivity index (χ0v) is 13.2. The quantitative estimate of drug-likeness (QED) is 0.497. The summed E-state index contributed by atoms with van der Waals surface area (Å²) < 4.78 is 9.68. The normalized spacial score (nSPS) is 9.54. The average Bonchev–Trinajstić information content (AvgIpc) is 3.08. The number of rotatable bonds is 5. The molecule has 0 bridgehead atoms. The molecular formula is C17H17N3O4. The third-order valence-corrected chi connectivity index (χ3v) is 2.98. The van der Waals surface area contributed by atoms with E-state index in [1.54, 1.807) is 0 Å². The molecule has 7 nitrogen and oxygen atoms in total. The molecule has 0 fully saturated rings. The standard InChI is InChI=1S/C17H17N3O4/c1-23-16(21)15-14(11-19-20-15)9-5-6-10-18-17(22)24-12-13-7-3-2-4-8-13/h2-4,7-8,11H,6,10,12H2,1H3,(H,18,22)(H,19,20). The van der Waals surface area contributed by atoms with Crippen molar-refractivity contribution >= 4 is 12.1 Å². The number of methoxy groups -OCH3 is 1. The summed E-state index contributed by atoms with van der Waals surface area (Å²) in [5.41, 5.74) is 1.58. The number of amides is 1. The lowest BCUT2D eigenvalue weighted by Gasteiger charge is -2.05. The fraction of sp³-hybridized carbons (Fsp3) is 0.235. The van der Waals surface area contributed by atoms with Crippen LogP contribution in [0.15, 0.2) is 36.5 Å². The molecule has 0 unspecified atom stereocenters. The van der Waals surface area contributed by atoms with E-state index in [9.17, 15) is 9.59 Å². The first-order valence-corrected chi connectivity index (χ1v) is 7.26. The van der Waals surface area contributed by atoms with Gasteiger partial charge in [0.25, 0.3) is 0 Å². The fourth-order valence-electron chi connectivity index (χ4n) is 1.80. The van der Waals surface area contributed by atoms with Gasteiger partial charge >= 0.3 is 12.1 Å². The van der Waals surface area contributed by atoms with Crippen molar-refractivity contribution in [2.45, 2.75) is 13.0 Å². The summed E-state index contributed by atoms with van der Waals surface area (Å²) in [4.78, 5) is 23.0. The lowest BCUT2D eigenvalue weighted by Crippen LogP contribution is -2.24. The lowest BCUT2D eigenvalue weighted by atomic mass is 10.2. The van der Waals surface area contributed by atoms with Crippen molar-refractivity contribution in [2.75, 3.05) is 13.7 Å². The van der Waals surface area contributed by atoms with E-state index in [1.165, 1.54) is 13.3 Å². The number of hydrogen-bond acceptors (Lipinski definition) is 5. The number of alkyl carbamates (subject to hydrolysis) is 1. The Morgan fingerprint density at radius 1 is 1.29 bits per heavy atom. The Morgan fingerprint density at radius 3 is 2.83 bits per heavy atom. The number of benzene rings is 1. The minimum absolute atomic E-state index is 0.209. The lowest BCUT2D eigenvalue weighted by molar-refractivity contribution is 0.0593. The predicted molar refractivity (Wildman–Crippen MR) is 86.1 cm³/mol. The minimum Gasteiger partial charge on any atom is -0.464 e. The highest BCUT2D eigenvalue weighted by molar-refractivity contribution is 5.89. The SMILES string of the molecule is COC(=O)c1[nH]ncc1C#CCCNC(=O)OCc1ccccc1. The van der Waals surface area contributed by atoms with E-state index in [4.69, 9.17) is 4.74 Å². The number of H-pyrrole nitrogens is 1. The molecule has 0 aliphatic rings. The number of carbonyl (C=O) groups is 2. The maximum absolute atomic E-state index is 11.5. The van der Waals surface area contributed by atoms with E-state index in [2.05, 4.69) is 32.1 Å². The van der Waals surface area contributed by atoms with Crippen LogP contribution in [-0.2, 0) is 16.1 Å². The smallest absolute Gasteiger partial charge is 0.407 e. The van der Waals surface area contributed by atoms with E-state index in [-0.39, 0.29) is 12.3 Å². The Kier molecular flexibility index (Phi) is 6.41. The molecule has 1 aromatic heterocycles. The Labute approximate surface area is 139 Å². The Balaban J connectivity index is 1.71. The second kappa shape index (κ2) is 9.00. The number of esters is 1. The third-order valence-electron chi connectivity index (χ3n) is 2.98. The van der Waals surface area contributed by atoms with E-state index in [1.807, 2.05) is 30.3 Å². The topological polar surface area (TPSA) is 93.3 Å². The number of nitrogens with zero attached hydrogens (tertiary/aromatic N) is 1. The van der Waals surface area contributed by atoms with Gasteiger partial charge < -0.3 is 14.8 Å². The minimum atomic E-state index is -0.528. The predicted octanol–water partition coefficient (Wildman–Crippen LogP) is 1.86. The van der Waals surface area contributed by atoms with Gasteiger partial charge in [0.1, 0.15) is 6.61 Å². The van der Waals surface area contributed by atoms with Gasteiger partial charge in [-0.25, -0.2) is 9.59 Å². The summed E-state index contributed by atoms with van der Waals surface area (Å²) in [6, 6.07) is 9.41. The van der Waals surface area contributed by atoms with Gasteiger partial charge in [0.2, 0.25) is 0 Å². The van der Waals surface area contributed by atoms with Crippen LogP contribution in [0.25, 0.3) is 0 Å². The molecular weight excluding hydrogens is 310 g/mol. The molecule has 24 heavy (non-hydrogen) atoms. The van der Waals surface area contributed by atoms with Gasteiger partial charge in [0.15, 0.2) is 5.69 Å². The summed E-state index contributed by atoms with van der Waals surface area (Å²) >= 11 is 0. The largest absolute Gasteiger partial charge is 0.464 e. The molecule has 1 heterocycles. The van der Waals surface area contributed by atoms with Crippen LogP contribution in [-0.4, -0.2) is 35.9 Å². The van der Waals surface area contributed by atoms with Crippen LogP contribution in [0.1, 0.15) is 28.0 Å². The van der Waals surface area contributed by atoms with Crippen molar-refractivity contribution in [1.29, 1.82) is 0 Å². The number of hydrogen-bond donors (Lipinski definition) is 2. The molecule has 2 aromatic rings. The van der Waals surface area contributed by atoms with E-state index >= 15 is 0 Å². The summed E-state index contributed by atoms with van der Waals surface area (Å²) in [5.74, 6) is 5.12. The molecule has 2 rings (SSSR count). The summed E-state index contributed by atoms with van der Waals surface area (Å²) in [7, 11) is 1.28. The molecule has 7 heteroatoms. The van der Waals surface area contributed by atoms with Crippen LogP contribution in [0.5, 0.6) is 0 Å². The first kappa shape index (κ1) is 17.1. The zero-order chi connectivity index (χ0) is 17.2. The second-order valence-electron chi connectivity index (χ2n) is 4.69. The molecule has 0 aliphatic heterocycles. The van der Waals surface area contributed by atoms with Crippen molar-refractivity contribution in [3.8, 4) is 11.8 Å². The highest BCUT2D eigenvalue weighted by Crippen LogP contribution is 2.04. The molecule has 1 amide bonds. The van der Waals surface area contributed by atoms with Gasteiger partial charge in [-0.15, -0.1) is 0 Å². The first-order valence-electron chi connectivity index (χ1n) is 7.26. The summed E-state index contributed by atoms with van der Waals surface area (Å²) in [6.45, 7) is 0.557. The van der Waals surface area contributed by atoms with Gasteiger partial charge in [0, 0.05) is 13.0 Å². The second-order valence-corrected chi connectivity index (χ2v) is 4.69. The zero-order valence-electron chi connectivity index (χ0n) is 13.2. The van der Waals surface area contributed by atoms with E-state index < -0.39 is 12.1 Å². The Morgan fingerprint density at radius 2 is 2.08 bits per heavy atom. The highest BCUT2D eigenvalue weighted by atomic mass is 16.5. The highest BCUT2D eigenvalue weighted by Gasteiger charge is 2.11. The molecule has 0 saturated carbocycles. The van der Waals surface area contributed by atoms with Crippen molar-refractivity contribution < 1.29 is 19.1 Å². The van der Waals surface area contributed by atoms with Crippen molar-refractivity contribution in [1.82, 2.24) is 15.5 Å². The third kappa shape index (κ3) is 5.18. The number of aromatic nitrogens is 2. The van der Waals surface area contributed by atoms with Crippen molar-refractivity contribution in [3.63, 3.8) is 0 Å². The fourth-order valence-corrected chi connectivity index (χ4v) is 1.80. The van der Waals surface area contributed by atoms with Crippen LogP contribution in [0.2, 0.25) is 0 Å². The molecule has 0 radical (unpaired) electrons. The van der Waals surface area contributed by atoms with Crippen LogP contribution >= 0.6 is 0 Å². The van der Waals surface area contributed by atoms with Gasteiger partial charge in [-0.05, 0) is 5.56 Å². The molecule has 2 N–H and O–H groups in total. The summed E-state index contributed by atoms with van der Waals surface area (Å²) in [5, 5.41) is 8.89. The van der Waals surface area contributed by atoms with Crippen LogP contribution in [0, 0.1) is 11.8 Å². The van der Waals surface area contributed by atoms with Crippen LogP contribution in [0.3, 0.4) is 0 Å². The van der Waals surface area contributed by atoms with Crippen molar-refractivity contribution in [2.24, 2.45) is 0 Å². The van der Waals surface area contributed by atoms with E-state index in [0.717, 1.165) is 5.56 Å². The first-order chi connectivity index (χ1) is 11.7. The van der Waals surface area contributed by atoms with Gasteiger partial charge in [-0.1, -0.05) is 42.2 Å². The number of aromatic amines is 1. The molecule has 0 aliphatic carbocycles. The molecule has 0 saturated heterocycles. The molecule has 0 atom stereocenters. The van der Waals surface area contributed by atoms with Crippen LogP contribution in [0.4, 0.5) is 4.79 Å². The molecule has 1 aromatic carbocycles. The monoisotopic (exact) mass is 327 g/mol. The van der Waals surface area contributed by atoms with E-state index in [0.29, 0.717) is 18.5 Å². The van der Waals surface area contributed by atoms with Gasteiger partial charge in [-0.3, -0.25) is 5.10 Å². The van der Waals surface area contributed by atoms with Gasteiger partial charge in [0.05, 0.1) is 18.9 Å². The van der Waals surface area contributed by atoms with Crippen LogP contribution < -0.4 is 5.32 Å². The average molecular weight is 327 g/mol. The number of carbonyl (C=O) groups excluding carboxylic acids is 2. The summed E-state index contributed by atoms with van der Waals surface area (Å²) in [6.07, 6.45) is 1.35. The van der Waals surface area contributed by atoms with Crippen molar-refractivity contribution in [3.05, 3.63) is 53.3 Å². The molecule has 0 spiro atoms. The maximum atomic E-state index is 11.5. The maximum Gasteiger partial charge on any atom is 0.407 e. The molecule has 124 valence electrons.